The fourth-order valence-corrected chi connectivity index (χ4v) is 4.03. The van der Waals surface area contributed by atoms with E-state index < -0.39 is 34.0 Å². The van der Waals surface area contributed by atoms with E-state index >= 15 is 0 Å². The Morgan fingerprint density at radius 3 is 2.29 bits per heavy atom. The highest BCUT2D eigenvalue weighted by atomic mass is 32.2. The summed E-state index contributed by atoms with van der Waals surface area (Å²) in [5.74, 6) is -0.445. The lowest BCUT2D eigenvalue weighted by Gasteiger charge is -2.26. The summed E-state index contributed by atoms with van der Waals surface area (Å²) in [7, 11) is -3.35. The molecule has 1 aromatic rings. The van der Waals surface area contributed by atoms with Gasteiger partial charge in [0.05, 0.1) is 12.4 Å². The second-order valence-corrected chi connectivity index (χ2v) is 11.1. The first kappa shape index (κ1) is 27.4. The molecular formula is C23H35N3O7S. The van der Waals surface area contributed by atoms with E-state index in [-0.39, 0.29) is 31.2 Å². The summed E-state index contributed by atoms with van der Waals surface area (Å²) < 4.78 is 33.9. The number of carbonyl (C=O) groups is 3. The summed E-state index contributed by atoms with van der Waals surface area (Å²) >= 11 is 0. The molecule has 11 heteroatoms. The minimum Gasteiger partial charge on any atom is -0.449 e. The van der Waals surface area contributed by atoms with E-state index in [1.54, 1.807) is 21.9 Å². The fourth-order valence-electron chi connectivity index (χ4n) is 3.37. The van der Waals surface area contributed by atoms with Crippen LogP contribution in [0.2, 0.25) is 0 Å². The molecule has 1 aromatic carbocycles. The Hall–Kier alpha value is -2.82. The summed E-state index contributed by atoms with van der Waals surface area (Å²) in [5.41, 5.74) is 0.786. The molecular weight excluding hydrogens is 462 g/mol. The number of alkyl carbamates (subject to hydrolysis) is 1. The van der Waals surface area contributed by atoms with Crippen LogP contribution in [0.1, 0.15) is 32.3 Å². The number of nitrogens with zero attached hydrogens (tertiary/aromatic N) is 2. The summed E-state index contributed by atoms with van der Waals surface area (Å²) in [6.07, 6.45) is 0.326. The number of hydrogen-bond acceptors (Lipinski definition) is 7. The number of ether oxygens (including phenoxy) is 2. The molecule has 0 radical (unpaired) electrons. The van der Waals surface area contributed by atoms with Crippen molar-refractivity contribution in [2.75, 3.05) is 44.8 Å². The molecule has 1 saturated heterocycles. The minimum atomic E-state index is -3.35. The lowest BCUT2D eigenvalue weighted by Crippen LogP contribution is -2.50. The minimum absolute atomic E-state index is 0.0246. The third kappa shape index (κ3) is 9.98. The van der Waals surface area contributed by atoms with Crippen molar-refractivity contribution in [3.05, 3.63) is 35.9 Å². The van der Waals surface area contributed by atoms with Crippen LogP contribution in [0.4, 0.5) is 9.59 Å². The number of carbonyl (C=O) groups excluding carboxylic acids is 3. The molecule has 0 spiro atoms. The van der Waals surface area contributed by atoms with Crippen LogP contribution < -0.4 is 5.32 Å². The van der Waals surface area contributed by atoms with Gasteiger partial charge in [-0.25, -0.2) is 18.0 Å². The zero-order valence-electron chi connectivity index (χ0n) is 20.1. The molecule has 1 aliphatic heterocycles. The van der Waals surface area contributed by atoms with E-state index in [0.29, 0.717) is 32.7 Å². The summed E-state index contributed by atoms with van der Waals surface area (Å²) in [5, 5.41) is 2.52. The summed E-state index contributed by atoms with van der Waals surface area (Å²) in [4.78, 5) is 40.9. The zero-order valence-corrected chi connectivity index (χ0v) is 20.9. The first-order chi connectivity index (χ1) is 16.0. The monoisotopic (exact) mass is 497 g/mol. The largest absolute Gasteiger partial charge is 0.449 e. The third-order valence-corrected chi connectivity index (χ3v) is 6.16. The number of sulfone groups is 1. The Labute approximate surface area is 201 Å². The van der Waals surface area contributed by atoms with Crippen molar-refractivity contribution in [1.29, 1.82) is 0 Å². The second-order valence-electron chi connectivity index (χ2n) is 8.81. The first-order valence-electron chi connectivity index (χ1n) is 11.4. The lowest BCUT2D eigenvalue weighted by molar-refractivity contribution is -0.133. The van der Waals surface area contributed by atoms with Gasteiger partial charge in [0.15, 0.2) is 0 Å². The number of amides is 3. The van der Waals surface area contributed by atoms with Gasteiger partial charge in [0, 0.05) is 32.4 Å². The molecule has 2 rings (SSSR count). The van der Waals surface area contributed by atoms with Crippen molar-refractivity contribution < 1.29 is 32.3 Å². The summed E-state index contributed by atoms with van der Waals surface area (Å²) in [6, 6.07) is 8.02. The van der Waals surface area contributed by atoms with Crippen LogP contribution >= 0.6 is 0 Å². The zero-order chi connectivity index (χ0) is 25.1. The Kier molecular flexibility index (Phi) is 10.6. The van der Waals surface area contributed by atoms with Gasteiger partial charge >= 0.3 is 12.2 Å². The van der Waals surface area contributed by atoms with Crippen LogP contribution in [0.3, 0.4) is 0 Å². The fraction of sp³-hybridized carbons (Fsp3) is 0.609. The smallest absolute Gasteiger partial charge is 0.409 e. The van der Waals surface area contributed by atoms with Crippen molar-refractivity contribution in [3.63, 3.8) is 0 Å². The standard InChI is InChI=1S/C23H35N3O7S/c1-18(2)16-33-23(29)26-12-7-11-25(13-14-26)21(27)20(10-15-34(3,30)31)24-22(28)32-17-19-8-5-4-6-9-19/h4-6,8-9,18,20H,7,10-17H2,1-3H3,(H,24,28). The normalized spacial score (nSPS) is 15.4. The van der Waals surface area contributed by atoms with Gasteiger partial charge < -0.3 is 24.6 Å². The molecule has 190 valence electrons. The number of benzene rings is 1. The molecule has 0 aliphatic carbocycles. The van der Waals surface area contributed by atoms with E-state index in [2.05, 4.69) is 5.32 Å². The van der Waals surface area contributed by atoms with Gasteiger partial charge in [0.25, 0.3) is 0 Å². The van der Waals surface area contributed by atoms with Crippen LogP contribution in [-0.2, 0) is 30.7 Å². The van der Waals surface area contributed by atoms with E-state index in [0.717, 1.165) is 11.8 Å². The van der Waals surface area contributed by atoms with Crippen LogP contribution in [0.15, 0.2) is 30.3 Å². The Morgan fingerprint density at radius 2 is 1.65 bits per heavy atom. The Balaban J connectivity index is 1.98. The third-order valence-electron chi connectivity index (χ3n) is 5.19. The molecule has 3 amide bonds. The van der Waals surface area contributed by atoms with Gasteiger partial charge in [0.1, 0.15) is 22.5 Å². The molecule has 0 bridgehead atoms. The maximum atomic E-state index is 13.2. The molecule has 1 aliphatic rings. The highest BCUT2D eigenvalue weighted by Crippen LogP contribution is 2.10. The molecule has 1 atom stereocenters. The number of rotatable bonds is 9. The summed E-state index contributed by atoms with van der Waals surface area (Å²) in [6.45, 7) is 5.61. The molecule has 1 heterocycles. The predicted molar refractivity (Wildman–Crippen MR) is 127 cm³/mol. The number of hydrogen-bond donors (Lipinski definition) is 1. The quantitative estimate of drug-likeness (QED) is 0.554. The lowest BCUT2D eigenvalue weighted by atomic mass is 10.2. The molecule has 1 N–H and O–H groups in total. The van der Waals surface area contributed by atoms with E-state index in [1.165, 1.54) is 0 Å². The van der Waals surface area contributed by atoms with E-state index in [1.807, 2.05) is 32.0 Å². The van der Waals surface area contributed by atoms with E-state index in [9.17, 15) is 22.8 Å². The van der Waals surface area contributed by atoms with E-state index in [4.69, 9.17) is 9.47 Å². The first-order valence-corrected chi connectivity index (χ1v) is 13.5. The molecule has 10 nitrogen and oxygen atoms in total. The van der Waals surface area contributed by atoms with Gasteiger partial charge in [-0.1, -0.05) is 44.2 Å². The van der Waals surface area contributed by atoms with Crippen LogP contribution in [0.5, 0.6) is 0 Å². The predicted octanol–water partition coefficient (Wildman–Crippen LogP) is 2.04. The van der Waals surface area contributed by atoms with Crippen molar-refractivity contribution in [3.8, 4) is 0 Å². The molecule has 0 aromatic heterocycles. The Bertz CT molecular complexity index is 922. The topological polar surface area (TPSA) is 122 Å². The molecule has 0 saturated carbocycles. The second kappa shape index (κ2) is 13.2. The van der Waals surface area contributed by atoms with Gasteiger partial charge in [-0.2, -0.15) is 0 Å². The van der Waals surface area contributed by atoms with Crippen LogP contribution in [0, 0.1) is 5.92 Å². The highest BCUT2D eigenvalue weighted by molar-refractivity contribution is 7.90. The van der Waals surface area contributed by atoms with Crippen molar-refractivity contribution in [2.24, 2.45) is 5.92 Å². The maximum Gasteiger partial charge on any atom is 0.409 e. The van der Waals surface area contributed by atoms with Crippen molar-refractivity contribution in [2.45, 2.75) is 39.3 Å². The SMILES string of the molecule is CC(C)COC(=O)N1CCCN(C(=O)C(CCS(C)(=O)=O)NC(=O)OCc2ccccc2)CC1. The maximum absolute atomic E-state index is 13.2. The molecule has 34 heavy (non-hydrogen) atoms. The number of nitrogens with one attached hydrogen (secondary N) is 1. The van der Waals surface area contributed by atoms with Gasteiger partial charge in [-0.15, -0.1) is 0 Å². The van der Waals surface area contributed by atoms with Crippen LogP contribution in [-0.4, -0.2) is 87.1 Å². The van der Waals surface area contributed by atoms with Crippen LogP contribution in [0.25, 0.3) is 0 Å². The van der Waals surface area contributed by atoms with Crippen molar-refractivity contribution in [1.82, 2.24) is 15.1 Å². The molecule has 1 fully saturated rings. The van der Waals surface area contributed by atoms with Gasteiger partial charge in [0.2, 0.25) is 5.91 Å². The highest BCUT2D eigenvalue weighted by Gasteiger charge is 2.30. The average molecular weight is 498 g/mol. The van der Waals surface area contributed by atoms with Gasteiger partial charge in [-0.3, -0.25) is 4.79 Å². The Morgan fingerprint density at radius 1 is 1.00 bits per heavy atom. The van der Waals surface area contributed by atoms with Crippen molar-refractivity contribution >= 4 is 27.9 Å². The molecule has 1 unspecified atom stereocenters. The average Bonchev–Trinajstić information content (AvgIpc) is 3.05. The van der Waals surface area contributed by atoms with Gasteiger partial charge in [-0.05, 0) is 24.3 Å².